The number of ether oxygens (including phenoxy) is 4. The molecule has 2 saturated heterocycles. The topological polar surface area (TPSA) is 228 Å². The second kappa shape index (κ2) is 45.4. The minimum absolute atomic E-state index is 0.244. The summed E-state index contributed by atoms with van der Waals surface area (Å²) < 4.78 is 22.6. The molecule has 2 fully saturated rings. The molecule has 75 heavy (non-hydrogen) atoms. The van der Waals surface area contributed by atoms with Crippen molar-refractivity contribution in [3.8, 4) is 0 Å². The third kappa shape index (κ3) is 31.4. The van der Waals surface area contributed by atoms with E-state index in [2.05, 4.69) is 141 Å². The number of amides is 1. The van der Waals surface area contributed by atoms with Gasteiger partial charge in [-0.3, -0.25) is 4.79 Å². The van der Waals surface area contributed by atoms with Crippen molar-refractivity contribution in [1.29, 1.82) is 0 Å². The first-order chi connectivity index (χ1) is 36.6. The van der Waals surface area contributed by atoms with E-state index in [1.165, 1.54) is 0 Å². The molecule has 0 spiro atoms. The number of carbonyl (C=O) groups excluding carboxylic acids is 1. The van der Waals surface area contributed by atoms with Gasteiger partial charge in [0.2, 0.25) is 5.91 Å². The van der Waals surface area contributed by atoms with Gasteiger partial charge in [-0.15, -0.1) is 0 Å². The molecule has 2 aliphatic heterocycles. The summed E-state index contributed by atoms with van der Waals surface area (Å²) in [6, 6.07) is -0.848. The normalized spacial score (nSPS) is 26.0. The minimum Gasteiger partial charge on any atom is -0.394 e. The second-order valence-corrected chi connectivity index (χ2v) is 19.3. The molecule has 0 aliphatic carbocycles. The second-order valence-electron chi connectivity index (χ2n) is 19.3. The number of hydrogen-bond donors (Lipinski definition) is 9. The lowest BCUT2D eigenvalue weighted by Gasteiger charge is -2.46. The van der Waals surface area contributed by atoms with E-state index in [1.54, 1.807) is 0 Å². The molecule has 12 unspecified atom stereocenters. The molecule has 0 aromatic heterocycles. The van der Waals surface area contributed by atoms with Crippen molar-refractivity contribution < 1.29 is 64.6 Å². The van der Waals surface area contributed by atoms with Crippen LogP contribution in [0.4, 0.5) is 0 Å². The van der Waals surface area contributed by atoms with Gasteiger partial charge in [0.25, 0.3) is 0 Å². The van der Waals surface area contributed by atoms with Crippen molar-refractivity contribution in [2.75, 3.05) is 19.8 Å². The molecule has 2 rings (SSSR count). The summed E-state index contributed by atoms with van der Waals surface area (Å²) in [7, 11) is 0. The average Bonchev–Trinajstić information content (AvgIpc) is 3.41. The van der Waals surface area contributed by atoms with Crippen LogP contribution in [0.5, 0.6) is 0 Å². The average molecular weight is 1050 g/mol. The number of aliphatic hydroxyl groups is 8. The third-order valence-electron chi connectivity index (χ3n) is 12.9. The maximum Gasteiger partial charge on any atom is 0.220 e. The Morgan fingerprint density at radius 2 is 0.920 bits per heavy atom. The van der Waals surface area contributed by atoms with Crippen LogP contribution in [0.15, 0.2) is 122 Å². The Labute approximate surface area is 450 Å². The lowest BCUT2D eigenvalue weighted by Crippen LogP contribution is -2.65. The van der Waals surface area contributed by atoms with Gasteiger partial charge in [-0.25, -0.2) is 0 Å². The highest BCUT2D eigenvalue weighted by Gasteiger charge is 2.51. The van der Waals surface area contributed by atoms with Gasteiger partial charge < -0.3 is 65.1 Å². The van der Waals surface area contributed by atoms with Crippen LogP contribution in [0.25, 0.3) is 0 Å². The van der Waals surface area contributed by atoms with Crippen LogP contribution in [0.1, 0.15) is 162 Å². The van der Waals surface area contributed by atoms with Crippen LogP contribution in [0, 0.1) is 0 Å². The molecule has 0 bridgehead atoms. The Morgan fingerprint density at radius 3 is 1.41 bits per heavy atom. The zero-order valence-electron chi connectivity index (χ0n) is 45.5. The largest absolute Gasteiger partial charge is 0.394 e. The number of hydrogen-bond acceptors (Lipinski definition) is 13. The van der Waals surface area contributed by atoms with E-state index in [9.17, 15) is 45.6 Å². The summed E-state index contributed by atoms with van der Waals surface area (Å²) in [5.74, 6) is -0.244. The monoisotopic (exact) mass is 1050 g/mol. The SMILES string of the molecule is CC/C=C\C/C=C\C/C=C\C/C=C\C/C=C\C/C=C\C/C=C\C/C=C\C/C=C\C/C=C\CCCCCCC(=O)NC(COC1OC(CO)C(OC2OC(CO)C(O)C(O)C2O)C(O)C1O)C(O)CCCCCCCC. The van der Waals surface area contributed by atoms with E-state index >= 15 is 0 Å². The predicted octanol–water partition coefficient (Wildman–Crippen LogP) is 9.05. The minimum atomic E-state index is -1.79. The number of unbranched alkanes of at least 4 members (excludes halogenated alkanes) is 9. The van der Waals surface area contributed by atoms with Crippen molar-refractivity contribution >= 4 is 5.91 Å². The first-order valence-corrected chi connectivity index (χ1v) is 28.3. The van der Waals surface area contributed by atoms with E-state index in [4.69, 9.17) is 18.9 Å². The molecular formula is C61H99NO13. The maximum atomic E-state index is 13.1. The molecule has 0 saturated carbocycles. The Balaban J connectivity index is 1.63. The summed E-state index contributed by atoms with van der Waals surface area (Å²) in [5.41, 5.74) is 0. The van der Waals surface area contributed by atoms with Gasteiger partial charge in [0.1, 0.15) is 48.8 Å². The summed E-state index contributed by atoms with van der Waals surface area (Å²) in [4.78, 5) is 13.1. The highest BCUT2D eigenvalue weighted by atomic mass is 16.7. The van der Waals surface area contributed by atoms with Crippen molar-refractivity contribution in [2.45, 2.75) is 235 Å². The van der Waals surface area contributed by atoms with E-state index < -0.39 is 86.8 Å². The van der Waals surface area contributed by atoms with Gasteiger partial charge >= 0.3 is 0 Å². The van der Waals surface area contributed by atoms with Crippen molar-refractivity contribution in [2.24, 2.45) is 0 Å². The Hall–Kier alpha value is -3.61. The quantitative estimate of drug-likeness (QED) is 0.0206. The summed E-state index contributed by atoms with van der Waals surface area (Å²) in [5, 5.41) is 86.6. The Morgan fingerprint density at radius 1 is 0.493 bits per heavy atom. The summed E-state index contributed by atoms with van der Waals surface area (Å²) in [6.07, 6.45) is 48.3. The summed E-state index contributed by atoms with van der Waals surface area (Å²) in [6.45, 7) is 2.61. The van der Waals surface area contributed by atoms with Crippen LogP contribution < -0.4 is 5.32 Å². The van der Waals surface area contributed by atoms with Crippen LogP contribution in [-0.4, -0.2) is 140 Å². The molecule has 12 atom stereocenters. The molecule has 0 aromatic carbocycles. The smallest absolute Gasteiger partial charge is 0.220 e. The first kappa shape index (κ1) is 67.5. The highest BCUT2D eigenvalue weighted by Crippen LogP contribution is 2.30. The maximum absolute atomic E-state index is 13.1. The lowest BCUT2D eigenvalue weighted by molar-refractivity contribution is -0.359. The standard InChI is InChI=1S/C61H99NO13/c1-3-5-7-9-11-12-13-14-15-16-17-18-19-20-21-22-23-24-25-26-27-28-29-30-31-32-33-34-35-36-37-38-39-41-43-45-53(66)62-49(50(65)44-42-40-10-8-6-4-2)48-72-60-58(71)56(69)59(52(47-64)74-60)75-61-57(70)55(68)54(67)51(46-63)73-61/h5,7,11-12,14-15,17-18,20-21,23-24,26-27,29-30,32-33,35-36,49-52,54-61,63-65,67-71H,3-4,6,8-10,13,16,19,22,25,28,31,34,37-48H2,1-2H3,(H,62,66)/b7-5-,12-11-,15-14-,18-17-,21-20-,24-23-,27-26-,30-29-,33-32-,36-35-. The first-order valence-electron chi connectivity index (χ1n) is 28.3. The number of carbonyl (C=O) groups is 1. The molecular weight excluding hydrogens is 955 g/mol. The van der Waals surface area contributed by atoms with Gasteiger partial charge in [0.05, 0.1) is 32.0 Å². The molecule has 1 amide bonds. The zero-order chi connectivity index (χ0) is 54.6. The molecule has 2 aliphatic rings. The Bertz CT molecular complexity index is 1720. The van der Waals surface area contributed by atoms with E-state index in [0.717, 1.165) is 128 Å². The van der Waals surface area contributed by atoms with Crippen molar-refractivity contribution in [1.82, 2.24) is 5.32 Å². The van der Waals surface area contributed by atoms with Gasteiger partial charge in [-0.2, -0.15) is 0 Å². The number of rotatable bonds is 42. The molecule has 9 N–H and O–H groups in total. The van der Waals surface area contributed by atoms with Crippen LogP contribution in [0.3, 0.4) is 0 Å². The number of nitrogens with one attached hydrogen (secondary N) is 1. The molecule has 426 valence electrons. The zero-order valence-corrected chi connectivity index (χ0v) is 45.5. The predicted molar refractivity (Wildman–Crippen MR) is 299 cm³/mol. The third-order valence-corrected chi connectivity index (χ3v) is 12.9. The lowest BCUT2D eigenvalue weighted by atomic mass is 9.97. The van der Waals surface area contributed by atoms with E-state index in [1.807, 2.05) is 0 Å². The van der Waals surface area contributed by atoms with Gasteiger partial charge in [-0.05, 0) is 89.9 Å². The number of allylic oxidation sites excluding steroid dienone is 20. The number of aliphatic hydroxyl groups excluding tert-OH is 8. The molecule has 0 aromatic rings. The van der Waals surface area contributed by atoms with Gasteiger partial charge in [0.15, 0.2) is 12.6 Å². The molecule has 2 heterocycles. The highest BCUT2D eigenvalue weighted by molar-refractivity contribution is 5.76. The van der Waals surface area contributed by atoms with E-state index in [-0.39, 0.29) is 18.9 Å². The molecule has 14 heteroatoms. The fraction of sp³-hybridized carbons (Fsp3) is 0.656. The van der Waals surface area contributed by atoms with E-state index in [0.29, 0.717) is 12.8 Å². The fourth-order valence-corrected chi connectivity index (χ4v) is 8.38. The molecule has 0 radical (unpaired) electrons. The van der Waals surface area contributed by atoms with Crippen molar-refractivity contribution in [3.05, 3.63) is 122 Å². The van der Waals surface area contributed by atoms with Gasteiger partial charge in [0, 0.05) is 6.42 Å². The Kier molecular flexibility index (Phi) is 40.9. The van der Waals surface area contributed by atoms with Crippen LogP contribution in [0.2, 0.25) is 0 Å². The fourth-order valence-electron chi connectivity index (χ4n) is 8.38. The summed E-state index contributed by atoms with van der Waals surface area (Å²) >= 11 is 0. The van der Waals surface area contributed by atoms with Gasteiger partial charge in [-0.1, -0.05) is 187 Å². The molecule has 14 nitrogen and oxygen atoms in total. The van der Waals surface area contributed by atoms with Crippen molar-refractivity contribution in [3.63, 3.8) is 0 Å². The van der Waals surface area contributed by atoms with Crippen LogP contribution >= 0.6 is 0 Å². The van der Waals surface area contributed by atoms with Crippen LogP contribution in [-0.2, 0) is 23.7 Å².